The first-order chi connectivity index (χ1) is 11.3. The second kappa shape index (κ2) is 9.66. The maximum Gasteiger partial charge on any atom is 0.325 e. The lowest BCUT2D eigenvalue weighted by molar-refractivity contribution is -0.147. The number of hydrogen-bond donors (Lipinski definition) is 2. The van der Waals surface area contributed by atoms with Crippen molar-refractivity contribution < 1.29 is 23.9 Å². The summed E-state index contributed by atoms with van der Waals surface area (Å²) in [4.78, 5) is 47.4. The van der Waals surface area contributed by atoms with Crippen molar-refractivity contribution in [2.45, 2.75) is 0 Å². The van der Waals surface area contributed by atoms with E-state index in [4.69, 9.17) is 4.74 Å². The second-order valence-corrected chi connectivity index (χ2v) is 5.74. The summed E-state index contributed by atoms with van der Waals surface area (Å²) in [5.74, 6) is -2.09. The highest BCUT2D eigenvalue weighted by molar-refractivity contribution is 9.10. The van der Waals surface area contributed by atoms with E-state index in [2.05, 4.69) is 26.6 Å². The molecule has 0 aliphatic rings. The molecule has 1 rings (SSSR count). The highest BCUT2D eigenvalue weighted by atomic mass is 79.9. The van der Waals surface area contributed by atoms with Gasteiger partial charge in [-0.05, 0) is 28.1 Å². The zero-order valence-electron chi connectivity index (χ0n) is 13.3. The summed E-state index contributed by atoms with van der Waals surface area (Å²) >= 11 is 3.23. The van der Waals surface area contributed by atoms with Gasteiger partial charge in [0.2, 0.25) is 5.91 Å². The Hall–Kier alpha value is -2.42. The van der Waals surface area contributed by atoms with Gasteiger partial charge in [-0.15, -0.1) is 0 Å². The molecule has 0 bridgehead atoms. The molecule has 0 aliphatic heterocycles. The van der Waals surface area contributed by atoms with Gasteiger partial charge in [0.05, 0.1) is 12.1 Å². The van der Waals surface area contributed by atoms with Crippen LogP contribution in [-0.4, -0.2) is 62.4 Å². The number of likely N-dealkylation sites (N-methyl/N-ethyl adjacent to an activating group) is 1. The summed E-state index contributed by atoms with van der Waals surface area (Å²) in [5.41, 5.74) is 0.380. The molecule has 0 radical (unpaired) electrons. The molecular formula is C15H18BrN3O5. The lowest BCUT2D eigenvalue weighted by Gasteiger charge is -2.11. The van der Waals surface area contributed by atoms with Gasteiger partial charge in [0, 0.05) is 18.6 Å². The van der Waals surface area contributed by atoms with Gasteiger partial charge in [0.1, 0.15) is 6.54 Å². The average molecular weight is 400 g/mol. The van der Waals surface area contributed by atoms with Crippen molar-refractivity contribution in [1.29, 1.82) is 0 Å². The van der Waals surface area contributed by atoms with Crippen molar-refractivity contribution in [1.82, 2.24) is 15.5 Å². The summed E-state index contributed by atoms with van der Waals surface area (Å²) in [6.07, 6.45) is 0. The molecule has 24 heavy (non-hydrogen) atoms. The molecule has 8 nitrogen and oxygen atoms in total. The van der Waals surface area contributed by atoms with Crippen molar-refractivity contribution in [3.05, 3.63) is 34.3 Å². The minimum absolute atomic E-state index is 0.178. The smallest absolute Gasteiger partial charge is 0.325 e. The van der Waals surface area contributed by atoms with E-state index in [0.29, 0.717) is 10.0 Å². The molecule has 9 heteroatoms. The second-order valence-electron chi connectivity index (χ2n) is 4.89. The molecule has 0 aromatic heterocycles. The maximum absolute atomic E-state index is 11.9. The Labute approximate surface area is 147 Å². The lowest BCUT2D eigenvalue weighted by Crippen LogP contribution is -2.39. The minimum Gasteiger partial charge on any atom is -0.454 e. The van der Waals surface area contributed by atoms with Crippen molar-refractivity contribution in [2.75, 3.05) is 33.8 Å². The Morgan fingerprint density at radius 2 is 1.75 bits per heavy atom. The van der Waals surface area contributed by atoms with Gasteiger partial charge in [-0.25, -0.2) is 0 Å². The quantitative estimate of drug-likeness (QED) is 0.624. The molecular weight excluding hydrogens is 382 g/mol. The number of amides is 3. The molecule has 1 aromatic rings. The summed E-state index contributed by atoms with van der Waals surface area (Å²) in [5, 5.41) is 4.71. The van der Waals surface area contributed by atoms with Gasteiger partial charge in [-0.3, -0.25) is 19.2 Å². The van der Waals surface area contributed by atoms with E-state index in [-0.39, 0.29) is 19.0 Å². The summed E-state index contributed by atoms with van der Waals surface area (Å²) in [7, 11) is 3.12. The van der Waals surface area contributed by atoms with E-state index in [9.17, 15) is 19.2 Å². The van der Waals surface area contributed by atoms with Gasteiger partial charge in [-0.1, -0.05) is 12.1 Å². The normalized spacial score (nSPS) is 9.79. The molecule has 0 unspecified atom stereocenters. The number of nitrogens with zero attached hydrogens (tertiary/aromatic N) is 1. The fourth-order valence-corrected chi connectivity index (χ4v) is 1.94. The van der Waals surface area contributed by atoms with Crippen LogP contribution in [0.25, 0.3) is 0 Å². The zero-order chi connectivity index (χ0) is 18.1. The molecule has 1 aromatic carbocycles. The Morgan fingerprint density at radius 3 is 2.38 bits per heavy atom. The van der Waals surface area contributed by atoms with Crippen molar-refractivity contribution in [3.63, 3.8) is 0 Å². The number of ether oxygens (including phenoxy) is 1. The van der Waals surface area contributed by atoms with Gasteiger partial charge in [0.15, 0.2) is 6.61 Å². The SMILES string of the molecule is CN(C)C(=O)CNC(=O)COC(=O)CNC(=O)c1ccccc1Br. The molecule has 0 spiro atoms. The molecule has 3 amide bonds. The number of benzene rings is 1. The first kappa shape index (κ1) is 19.6. The van der Waals surface area contributed by atoms with Gasteiger partial charge < -0.3 is 20.3 Å². The van der Waals surface area contributed by atoms with Crippen LogP contribution in [0, 0.1) is 0 Å². The topological polar surface area (TPSA) is 105 Å². The van der Waals surface area contributed by atoms with Crippen LogP contribution in [0.3, 0.4) is 0 Å². The van der Waals surface area contributed by atoms with E-state index >= 15 is 0 Å². The monoisotopic (exact) mass is 399 g/mol. The van der Waals surface area contributed by atoms with Gasteiger partial charge >= 0.3 is 5.97 Å². The van der Waals surface area contributed by atoms with E-state index in [1.165, 1.54) is 4.90 Å². The van der Waals surface area contributed by atoms with Crippen LogP contribution < -0.4 is 10.6 Å². The van der Waals surface area contributed by atoms with Crippen LogP contribution in [0.5, 0.6) is 0 Å². The number of halogens is 1. The summed E-state index contributed by atoms with van der Waals surface area (Å²) < 4.78 is 5.31. The molecule has 0 aliphatic carbocycles. The maximum atomic E-state index is 11.9. The first-order valence-electron chi connectivity index (χ1n) is 6.96. The molecule has 0 atom stereocenters. The van der Waals surface area contributed by atoms with Crippen LogP contribution >= 0.6 is 15.9 Å². The van der Waals surface area contributed by atoms with Gasteiger partial charge in [-0.2, -0.15) is 0 Å². The Balaban J connectivity index is 2.29. The third kappa shape index (κ3) is 6.78. The highest BCUT2D eigenvalue weighted by Crippen LogP contribution is 2.15. The molecule has 130 valence electrons. The molecule has 0 saturated heterocycles. The van der Waals surface area contributed by atoms with Crippen molar-refractivity contribution in [2.24, 2.45) is 0 Å². The van der Waals surface area contributed by atoms with Crippen LogP contribution in [0.1, 0.15) is 10.4 Å². The summed E-state index contributed by atoms with van der Waals surface area (Å²) in [6, 6.07) is 6.75. The standard InChI is InChI=1S/C15H18BrN3O5/c1-19(2)13(21)7-17-12(20)9-24-14(22)8-18-15(23)10-5-3-4-6-11(10)16/h3-6H,7-9H2,1-2H3,(H,17,20)(H,18,23). The first-order valence-corrected chi connectivity index (χ1v) is 7.75. The van der Waals surface area contributed by atoms with Crippen molar-refractivity contribution >= 4 is 39.6 Å². The summed E-state index contributed by atoms with van der Waals surface area (Å²) in [6.45, 7) is -1.07. The van der Waals surface area contributed by atoms with Crippen LogP contribution in [-0.2, 0) is 19.1 Å². The van der Waals surface area contributed by atoms with Crippen LogP contribution in [0.2, 0.25) is 0 Å². The predicted octanol–water partition coefficient (Wildman–Crippen LogP) is -0.0735. The predicted molar refractivity (Wildman–Crippen MR) is 89.1 cm³/mol. The average Bonchev–Trinajstić information content (AvgIpc) is 2.55. The fraction of sp³-hybridized carbons (Fsp3) is 0.333. The Morgan fingerprint density at radius 1 is 1.08 bits per heavy atom. The number of carbonyl (C=O) groups is 4. The number of esters is 1. The fourth-order valence-electron chi connectivity index (χ4n) is 1.47. The highest BCUT2D eigenvalue weighted by Gasteiger charge is 2.13. The molecule has 0 saturated carbocycles. The van der Waals surface area contributed by atoms with Crippen LogP contribution in [0.4, 0.5) is 0 Å². The number of rotatable bonds is 7. The molecule has 2 N–H and O–H groups in total. The molecule has 0 heterocycles. The third-order valence-electron chi connectivity index (χ3n) is 2.81. The number of carbonyl (C=O) groups excluding carboxylic acids is 4. The Bertz CT molecular complexity index is 633. The van der Waals surface area contributed by atoms with Crippen molar-refractivity contribution in [3.8, 4) is 0 Å². The Kier molecular flexibility index (Phi) is 7.90. The number of hydrogen-bond acceptors (Lipinski definition) is 5. The van der Waals surface area contributed by atoms with E-state index in [1.54, 1.807) is 38.4 Å². The van der Waals surface area contributed by atoms with E-state index in [0.717, 1.165) is 0 Å². The zero-order valence-corrected chi connectivity index (χ0v) is 14.9. The third-order valence-corrected chi connectivity index (χ3v) is 3.50. The number of nitrogens with one attached hydrogen (secondary N) is 2. The van der Waals surface area contributed by atoms with E-state index in [1.807, 2.05) is 0 Å². The minimum atomic E-state index is -0.760. The largest absolute Gasteiger partial charge is 0.454 e. The van der Waals surface area contributed by atoms with E-state index < -0.39 is 24.4 Å². The van der Waals surface area contributed by atoms with Crippen LogP contribution in [0.15, 0.2) is 28.7 Å². The molecule has 0 fully saturated rings. The van der Waals surface area contributed by atoms with Gasteiger partial charge in [0.25, 0.3) is 11.8 Å². The lowest BCUT2D eigenvalue weighted by atomic mass is 10.2.